The molecule has 1 aromatic rings. The number of rotatable bonds is 7. The van der Waals surface area contributed by atoms with Gasteiger partial charge in [0.05, 0.1) is 13.0 Å². The maximum Gasteiger partial charge on any atom is 0.305 e. The van der Waals surface area contributed by atoms with Crippen LogP contribution in [0.15, 0.2) is 30.3 Å². The third-order valence-corrected chi connectivity index (χ3v) is 2.58. The predicted molar refractivity (Wildman–Crippen MR) is 74.2 cm³/mol. The molecule has 0 atom stereocenters. The molecule has 0 aliphatic carbocycles. The summed E-state index contributed by atoms with van der Waals surface area (Å²) >= 11 is 0. The van der Waals surface area contributed by atoms with E-state index in [4.69, 9.17) is 5.11 Å². The molecule has 5 heteroatoms. The van der Waals surface area contributed by atoms with E-state index >= 15 is 0 Å². The van der Waals surface area contributed by atoms with Crippen molar-refractivity contribution in [3.05, 3.63) is 30.3 Å². The number of nitrogens with one attached hydrogen (secondary N) is 1. The highest BCUT2D eigenvalue weighted by molar-refractivity contribution is 5.95. The number of anilines is 1. The number of amides is 1. The van der Waals surface area contributed by atoms with Crippen LogP contribution in [0.5, 0.6) is 0 Å². The van der Waals surface area contributed by atoms with Crippen LogP contribution < -0.4 is 10.2 Å². The molecule has 0 unspecified atom stereocenters. The molecule has 0 heterocycles. The molecule has 0 saturated carbocycles. The highest BCUT2D eigenvalue weighted by Crippen LogP contribution is 2.13. The van der Waals surface area contributed by atoms with Crippen LogP contribution in [0, 0.1) is 0 Å². The number of hydrogen-bond donors (Lipinski definition) is 2. The summed E-state index contributed by atoms with van der Waals surface area (Å²) in [4.78, 5) is 24.3. The van der Waals surface area contributed by atoms with Gasteiger partial charge >= 0.3 is 5.97 Å². The molecule has 1 amide bonds. The molecular formula is C14H20N2O3. The second-order valence-corrected chi connectivity index (χ2v) is 4.56. The number of benzene rings is 1. The van der Waals surface area contributed by atoms with Crippen molar-refractivity contribution in [3.8, 4) is 0 Å². The van der Waals surface area contributed by atoms with E-state index in [0.29, 0.717) is 0 Å². The van der Waals surface area contributed by atoms with E-state index in [-0.39, 0.29) is 31.5 Å². The van der Waals surface area contributed by atoms with Crippen molar-refractivity contribution in [2.45, 2.75) is 26.3 Å². The van der Waals surface area contributed by atoms with E-state index in [1.807, 2.05) is 32.0 Å². The number of carboxylic acids is 1. The number of nitrogens with zero attached hydrogens (tertiary/aromatic N) is 1. The molecule has 1 rings (SSSR count). The zero-order chi connectivity index (χ0) is 14.3. The molecule has 0 saturated heterocycles. The van der Waals surface area contributed by atoms with Gasteiger partial charge in [-0.25, -0.2) is 0 Å². The Morgan fingerprint density at radius 2 is 1.89 bits per heavy atom. The van der Waals surface area contributed by atoms with Crippen LogP contribution in [0.2, 0.25) is 0 Å². The fourth-order valence-electron chi connectivity index (χ4n) is 1.60. The molecule has 0 spiro atoms. The van der Waals surface area contributed by atoms with Crippen molar-refractivity contribution in [3.63, 3.8) is 0 Å². The van der Waals surface area contributed by atoms with Crippen molar-refractivity contribution in [1.82, 2.24) is 5.32 Å². The molecule has 104 valence electrons. The van der Waals surface area contributed by atoms with Crippen LogP contribution in [0.4, 0.5) is 5.69 Å². The van der Waals surface area contributed by atoms with E-state index < -0.39 is 5.97 Å². The first-order valence-electron chi connectivity index (χ1n) is 6.31. The monoisotopic (exact) mass is 264 g/mol. The summed E-state index contributed by atoms with van der Waals surface area (Å²) in [6.07, 6.45) is -0.0671. The van der Waals surface area contributed by atoms with Crippen LogP contribution in [0.25, 0.3) is 0 Å². The Kier molecular flexibility index (Phi) is 6.02. The average Bonchev–Trinajstić information content (AvgIpc) is 2.37. The predicted octanol–water partition coefficient (Wildman–Crippen LogP) is 1.49. The lowest BCUT2D eigenvalue weighted by atomic mass is 10.2. The Hall–Kier alpha value is -1.88. The molecule has 0 fully saturated rings. The lowest BCUT2D eigenvalue weighted by Crippen LogP contribution is -2.41. The minimum Gasteiger partial charge on any atom is -0.481 e. The van der Waals surface area contributed by atoms with Crippen molar-refractivity contribution in [1.29, 1.82) is 0 Å². The van der Waals surface area contributed by atoms with Gasteiger partial charge in [0.2, 0.25) is 5.91 Å². The van der Waals surface area contributed by atoms with Crippen molar-refractivity contribution in [2.24, 2.45) is 0 Å². The summed E-state index contributed by atoms with van der Waals surface area (Å²) in [5.74, 6) is -1.04. The Morgan fingerprint density at radius 1 is 1.26 bits per heavy atom. The highest BCUT2D eigenvalue weighted by Gasteiger charge is 2.16. The van der Waals surface area contributed by atoms with Gasteiger partial charge in [-0.3, -0.25) is 9.59 Å². The van der Waals surface area contributed by atoms with Crippen LogP contribution >= 0.6 is 0 Å². The SMILES string of the molecule is CC(C)NCC(=O)N(CCC(=O)O)c1ccccc1. The number of carboxylic acid groups (broad SMARTS) is 1. The topological polar surface area (TPSA) is 69.6 Å². The normalized spacial score (nSPS) is 10.5. The van der Waals surface area contributed by atoms with Gasteiger partial charge in [-0.05, 0) is 12.1 Å². The van der Waals surface area contributed by atoms with Crippen LogP contribution in [0.1, 0.15) is 20.3 Å². The van der Waals surface area contributed by atoms with Crippen molar-refractivity contribution < 1.29 is 14.7 Å². The zero-order valence-electron chi connectivity index (χ0n) is 11.3. The van der Waals surface area contributed by atoms with E-state index in [1.54, 1.807) is 12.1 Å². The van der Waals surface area contributed by atoms with E-state index in [2.05, 4.69) is 5.32 Å². The minimum atomic E-state index is -0.912. The molecule has 0 aliphatic heterocycles. The molecule has 1 aromatic carbocycles. The van der Waals surface area contributed by atoms with Crippen LogP contribution in [0.3, 0.4) is 0 Å². The molecule has 0 aliphatic rings. The van der Waals surface area contributed by atoms with Gasteiger partial charge in [0.15, 0.2) is 0 Å². The number of aliphatic carboxylic acids is 1. The van der Waals surface area contributed by atoms with Crippen molar-refractivity contribution in [2.75, 3.05) is 18.0 Å². The van der Waals surface area contributed by atoms with Gasteiger partial charge in [-0.2, -0.15) is 0 Å². The zero-order valence-corrected chi connectivity index (χ0v) is 11.3. The molecule has 19 heavy (non-hydrogen) atoms. The molecule has 2 N–H and O–H groups in total. The summed E-state index contributed by atoms with van der Waals surface area (Å²) < 4.78 is 0. The van der Waals surface area contributed by atoms with E-state index in [0.717, 1.165) is 5.69 Å². The first kappa shape index (κ1) is 15.2. The molecular weight excluding hydrogens is 244 g/mol. The number of hydrogen-bond acceptors (Lipinski definition) is 3. The van der Waals surface area contributed by atoms with Crippen molar-refractivity contribution >= 4 is 17.6 Å². The third-order valence-electron chi connectivity index (χ3n) is 2.58. The van der Waals surface area contributed by atoms with Gasteiger partial charge in [0.1, 0.15) is 0 Å². The third kappa shape index (κ3) is 5.52. The average molecular weight is 264 g/mol. The largest absolute Gasteiger partial charge is 0.481 e. The summed E-state index contributed by atoms with van der Waals surface area (Å²) in [6.45, 7) is 4.29. The maximum absolute atomic E-state index is 12.1. The fraction of sp³-hybridized carbons (Fsp3) is 0.429. The smallest absolute Gasteiger partial charge is 0.305 e. The summed E-state index contributed by atoms with van der Waals surface area (Å²) in [6, 6.07) is 9.32. The van der Waals surface area contributed by atoms with Gasteiger partial charge in [-0.15, -0.1) is 0 Å². The molecule has 5 nitrogen and oxygen atoms in total. The van der Waals surface area contributed by atoms with Gasteiger partial charge in [0, 0.05) is 18.3 Å². The standard InChI is InChI=1S/C14H20N2O3/c1-11(2)15-10-13(17)16(9-8-14(18)19)12-6-4-3-5-7-12/h3-7,11,15H,8-10H2,1-2H3,(H,18,19). The summed E-state index contributed by atoms with van der Waals surface area (Å²) in [5.41, 5.74) is 0.722. The summed E-state index contributed by atoms with van der Waals surface area (Å²) in [7, 11) is 0. The lowest BCUT2D eigenvalue weighted by molar-refractivity contribution is -0.136. The molecule has 0 aromatic heterocycles. The molecule has 0 radical (unpaired) electrons. The van der Waals surface area contributed by atoms with Crippen LogP contribution in [-0.4, -0.2) is 36.1 Å². The Balaban J connectivity index is 2.74. The number of carbonyl (C=O) groups excluding carboxylic acids is 1. The first-order valence-corrected chi connectivity index (χ1v) is 6.31. The van der Waals surface area contributed by atoms with E-state index in [1.165, 1.54) is 4.90 Å². The summed E-state index contributed by atoms with van der Waals surface area (Å²) in [5, 5.41) is 11.8. The lowest BCUT2D eigenvalue weighted by Gasteiger charge is -2.23. The molecule has 0 bridgehead atoms. The second-order valence-electron chi connectivity index (χ2n) is 4.56. The second kappa shape index (κ2) is 7.53. The Morgan fingerprint density at radius 3 is 2.42 bits per heavy atom. The maximum atomic E-state index is 12.1. The number of carbonyl (C=O) groups is 2. The first-order chi connectivity index (χ1) is 9.00. The minimum absolute atomic E-state index is 0.0671. The number of para-hydroxylation sites is 1. The Bertz CT molecular complexity index is 418. The van der Waals surface area contributed by atoms with Gasteiger partial charge in [-0.1, -0.05) is 32.0 Å². The van der Waals surface area contributed by atoms with Gasteiger partial charge in [0.25, 0.3) is 0 Å². The van der Waals surface area contributed by atoms with Gasteiger partial charge < -0.3 is 15.3 Å². The quantitative estimate of drug-likeness (QED) is 0.783. The Labute approximate surface area is 113 Å². The van der Waals surface area contributed by atoms with Crippen LogP contribution in [-0.2, 0) is 9.59 Å². The van der Waals surface area contributed by atoms with E-state index in [9.17, 15) is 9.59 Å². The highest BCUT2D eigenvalue weighted by atomic mass is 16.4. The fourth-order valence-corrected chi connectivity index (χ4v) is 1.60.